The lowest BCUT2D eigenvalue weighted by atomic mass is 10.2. The summed E-state index contributed by atoms with van der Waals surface area (Å²) in [6.07, 6.45) is 2.59. The molecule has 1 atom stereocenters. The molecule has 1 saturated heterocycles. The maximum Gasteiger partial charge on any atom is 0.242 e. The van der Waals surface area contributed by atoms with Crippen LogP contribution in [0.1, 0.15) is 59.8 Å². The molecule has 1 heterocycles. The molecule has 1 aliphatic heterocycles. The Labute approximate surface area is 172 Å². The van der Waals surface area contributed by atoms with Crippen LogP contribution in [0, 0.1) is 0 Å². The first-order valence-corrected chi connectivity index (χ1v) is 12.4. The Kier molecular flexibility index (Phi) is 10.5. The molecule has 28 heavy (non-hydrogen) atoms. The van der Waals surface area contributed by atoms with E-state index in [0.717, 1.165) is 6.42 Å². The van der Waals surface area contributed by atoms with Gasteiger partial charge in [-0.25, -0.2) is 13.1 Å². The fraction of sp³-hybridized carbons (Fsp3) is 0.833. The van der Waals surface area contributed by atoms with Gasteiger partial charge in [-0.3, -0.25) is 19.3 Å². The summed E-state index contributed by atoms with van der Waals surface area (Å²) in [6.45, 7) is 7.96. The lowest BCUT2D eigenvalue weighted by Gasteiger charge is -2.15. The number of unbranched alkanes of at least 4 members (excludes halogenated alkanes) is 2. The first kappa shape index (κ1) is 24.9. The highest BCUT2D eigenvalue weighted by atomic mass is 32.2. The van der Waals surface area contributed by atoms with Crippen molar-refractivity contribution in [1.29, 1.82) is 0 Å². The van der Waals surface area contributed by atoms with E-state index in [1.54, 1.807) is 13.8 Å². The number of nitrogens with zero attached hydrogens (tertiary/aromatic N) is 1. The van der Waals surface area contributed by atoms with E-state index in [1.807, 2.05) is 13.8 Å². The van der Waals surface area contributed by atoms with Crippen LogP contribution >= 0.6 is 11.8 Å². The third kappa shape index (κ3) is 9.38. The molecule has 1 fully saturated rings. The second-order valence-electron chi connectivity index (χ2n) is 7.51. The Balaban J connectivity index is 2.18. The van der Waals surface area contributed by atoms with Crippen LogP contribution in [0.3, 0.4) is 0 Å². The van der Waals surface area contributed by atoms with E-state index >= 15 is 0 Å². The van der Waals surface area contributed by atoms with Crippen molar-refractivity contribution < 1.29 is 22.8 Å². The van der Waals surface area contributed by atoms with Gasteiger partial charge >= 0.3 is 0 Å². The highest BCUT2D eigenvalue weighted by Gasteiger charge is 2.38. The number of nitrogens with one attached hydrogen (secondary N) is 2. The van der Waals surface area contributed by atoms with Gasteiger partial charge in [0.2, 0.25) is 27.7 Å². The first-order valence-electron chi connectivity index (χ1n) is 9.78. The van der Waals surface area contributed by atoms with Gasteiger partial charge in [0.1, 0.15) is 0 Å². The van der Waals surface area contributed by atoms with Gasteiger partial charge in [0.05, 0.1) is 11.0 Å². The van der Waals surface area contributed by atoms with Gasteiger partial charge < -0.3 is 5.32 Å². The Morgan fingerprint density at radius 2 is 1.86 bits per heavy atom. The molecule has 8 nitrogen and oxygen atoms in total. The summed E-state index contributed by atoms with van der Waals surface area (Å²) in [5.41, 5.74) is 0. The zero-order valence-electron chi connectivity index (χ0n) is 17.2. The first-order chi connectivity index (χ1) is 13.0. The van der Waals surface area contributed by atoms with Gasteiger partial charge in [-0.1, -0.05) is 20.3 Å². The summed E-state index contributed by atoms with van der Waals surface area (Å²) in [7, 11) is -3.37. The zero-order chi connectivity index (χ0) is 21.3. The van der Waals surface area contributed by atoms with E-state index in [2.05, 4.69) is 10.0 Å². The van der Waals surface area contributed by atoms with E-state index < -0.39 is 10.0 Å². The topological polar surface area (TPSA) is 113 Å². The van der Waals surface area contributed by atoms with E-state index in [9.17, 15) is 22.8 Å². The molecular formula is C18H33N3O5S2. The van der Waals surface area contributed by atoms with E-state index in [0.29, 0.717) is 31.1 Å². The van der Waals surface area contributed by atoms with Crippen LogP contribution in [-0.4, -0.2) is 66.4 Å². The lowest BCUT2D eigenvalue weighted by molar-refractivity contribution is -0.138. The summed E-state index contributed by atoms with van der Waals surface area (Å²) in [4.78, 5) is 37.4. The van der Waals surface area contributed by atoms with E-state index in [-0.39, 0.29) is 47.7 Å². The lowest BCUT2D eigenvalue weighted by Crippen LogP contribution is -2.37. The van der Waals surface area contributed by atoms with Crippen LogP contribution in [0.2, 0.25) is 0 Å². The molecule has 0 aromatic rings. The van der Waals surface area contributed by atoms with Crippen LogP contribution < -0.4 is 10.0 Å². The summed E-state index contributed by atoms with van der Waals surface area (Å²) in [6, 6.07) is -0.172. The van der Waals surface area contributed by atoms with E-state index in [1.165, 1.54) is 16.7 Å². The molecular weight excluding hydrogens is 402 g/mol. The fourth-order valence-corrected chi connectivity index (χ4v) is 5.23. The second kappa shape index (κ2) is 11.8. The molecule has 0 aliphatic carbocycles. The Bertz CT molecular complexity index is 650. The molecule has 2 N–H and O–H groups in total. The summed E-state index contributed by atoms with van der Waals surface area (Å²) in [5.74, 6) is -0.553. The largest absolute Gasteiger partial charge is 0.355 e. The van der Waals surface area contributed by atoms with Gasteiger partial charge in [-0.05, 0) is 31.9 Å². The molecule has 1 rings (SSSR count). The molecule has 3 amide bonds. The number of likely N-dealkylation sites (tertiary alicyclic amines) is 1. The Hall–Kier alpha value is -1.13. The third-order valence-electron chi connectivity index (χ3n) is 4.03. The molecule has 0 aromatic heterocycles. The van der Waals surface area contributed by atoms with Crippen LogP contribution in [0.5, 0.6) is 0 Å². The smallest absolute Gasteiger partial charge is 0.242 e. The Morgan fingerprint density at radius 1 is 1.18 bits per heavy atom. The standard InChI is InChI=1S/C18H33N3O5S2/c1-13(2)20-28(25,26)11-9-19-16(22)8-6-5-7-10-21-17(23)12-15(18(21)24)27-14(3)4/h13-15,20H,5-12H2,1-4H3,(H,19,22). The molecule has 10 heteroatoms. The second-order valence-corrected chi connectivity index (χ2v) is 11.2. The number of imide groups is 1. The van der Waals surface area contributed by atoms with Crippen molar-refractivity contribution in [2.45, 2.75) is 76.3 Å². The average Bonchev–Trinajstić information content (AvgIpc) is 2.79. The minimum absolute atomic E-state index is 0.0760. The number of carbonyl (C=O) groups is 3. The number of amides is 3. The van der Waals surface area contributed by atoms with Crippen molar-refractivity contribution in [1.82, 2.24) is 14.9 Å². The summed E-state index contributed by atoms with van der Waals surface area (Å²) in [5, 5.41) is 2.64. The molecule has 0 bridgehead atoms. The van der Waals surface area contributed by atoms with Crippen molar-refractivity contribution in [3.8, 4) is 0 Å². The minimum atomic E-state index is -3.37. The molecule has 1 unspecified atom stereocenters. The summed E-state index contributed by atoms with van der Waals surface area (Å²) >= 11 is 1.53. The van der Waals surface area contributed by atoms with Gasteiger partial charge in [0, 0.05) is 32.0 Å². The van der Waals surface area contributed by atoms with Crippen molar-refractivity contribution >= 4 is 39.5 Å². The minimum Gasteiger partial charge on any atom is -0.355 e. The molecule has 1 aliphatic rings. The summed E-state index contributed by atoms with van der Waals surface area (Å²) < 4.78 is 25.8. The van der Waals surface area contributed by atoms with Gasteiger partial charge in [-0.2, -0.15) is 0 Å². The average molecular weight is 436 g/mol. The quantitative estimate of drug-likeness (QED) is 0.333. The van der Waals surface area contributed by atoms with Crippen molar-refractivity contribution in [3.63, 3.8) is 0 Å². The van der Waals surface area contributed by atoms with Crippen LogP contribution in [0.25, 0.3) is 0 Å². The fourth-order valence-electron chi connectivity index (χ4n) is 2.89. The predicted octanol–water partition coefficient (Wildman–Crippen LogP) is 1.26. The number of thioether (sulfide) groups is 1. The molecule has 0 spiro atoms. The predicted molar refractivity (Wildman–Crippen MR) is 111 cm³/mol. The number of hydrogen-bond acceptors (Lipinski definition) is 6. The van der Waals surface area contributed by atoms with Gasteiger partial charge in [-0.15, -0.1) is 11.8 Å². The number of carbonyl (C=O) groups excluding carboxylic acids is 3. The Morgan fingerprint density at radius 3 is 2.46 bits per heavy atom. The maximum atomic E-state index is 12.3. The monoisotopic (exact) mass is 435 g/mol. The van der Waals surface area contributed by atoms with Gasteiger partial charge in [0.25, 0.3) is 0 Å². The maximum absolute atomic E-state index is 12.3. The molecule has 0 aromatic carbocycles. The van der Waals surface area contributed by atoms with Crippen molar-refractivity contribution in [2.24, 2.45) is 0 Å². The highest BCUT2D eigenvalue weighted by molar-refractivity contribution is 8.01. The van der Waals surface area contributed by atoms with Crippen LogP contribution in [-0.2, 0) is 24.4 Å². The molecule has 162 valence electrons. The zero-order valence-corrected chi connectivity index (χ0v) is 18.8. The molecule has 0 radical (unpaired) electrons. The van der Waals surface area contributed by atoms with Crippen LogP contribution in [0.15, 0.2) is 0 Å². The SMILES string of the molecule is CC(C)NS(=O)(=O)CCNC(=O)CCCCCN1C(=O)CC(SC(C)C)C1=O. The van der Waals surface area contributed by atoms with Crippen molar-refractivity contribution in [2.75, 3.05) is 18.8 Å². The van der Waals surface area contributed by atoms with E-state index in [4.69, 9.17) is 0 Å². The normalized spacial score (nSPS) is 17.8. The van der Waals surface area contributed by atoms with Crippen LogP contribution in [0.4, 0.5) is 0 Å². The van der Waals surface area contributed by atoms with Gasteiger partial charge in [0.15, 0.2) is 0 Å². The van der Waals surface area contributed by atoms with Crippen molar-refractivity contribution in [3.05, 3.63) is 0 Å². The number of hydrogen-bond donors (Lipinski definition) is 2. The third-order valence-corrected chi connectivity index (χ3v) is 6.85. The number of rotatable bonds is 13. The number of sulfonamides is 1. The highest BCUT2D eigenvalue weighted by Crippen LogP contribution is 2.28. The molecule has 0 saturated carbocycles.